The third kappa shape index (κ3) is 3.07. The van der Waals surface area contributed by atoms with Crippen molar-refractivity contribution in [1.29, 1.82) is 0 Å². The summed E-state index contributed by atoms with van der Waals surface area (Å²) in [5.41, 5.74) is 6.99. The fourth-order valence-corrected chi connectivity index (χ4v) is 6.57. The summed E-state index contributed by atoms with van der Waals surface area (Å²) in [7, 11) is 0. The van der Waals surface area contributed by atoms with E-state index in [1.165, 1.54) is 16.3 Å². The lowest BCUT2D eigenvalue weighted by Gasteiger charge is -2.11. The summed E-state index contributed by atoms with van der Waals surface area (Å²) in [6.07, 6.45) is 0. The Labute approximate surface area is 233 Å². The summed E-state index contributed by atoms with van der Waals surface area (Å²) in [5.74, 6) is 0. The van der Waals surface area contributed by atoms with E-state index in [-0.39, 0.29) is 5.63 Å². The molecule has 0 radical (unpaired) electrons. The van der Waals surface area contributed by atoms with Gasteiger partial charge in [0.1, 0.15) is 5.58 Å². The second kappa shape index (κ2) is 8.20. The molecule has 6 aromatic carbocycles. The van der Waals surface area contributed by atoms with Gasteiger partial charge in [0.2, 0.25) is 0 Å². The highest BCUT2D eigenvalue weighted by Crippen LogP contribution is 2.38. The molecule has 41 heavy (non-hydrogen) atoms. The van der Waals surface area contributed by atoms with E-state index in [9.17, 15) is 4.79 Å². The minimum Gasteiger partial charge on any atom is -0.422 e. The van der Waals surface area contributed by atoms with Crippen LogP contribution in [0.4, 0.5) is 0 Å². The Morgan fingerprint density at radius 3 is 1.73 bits per heavy atom. The van der Waals surface area contributed by atoms with Crippen molar-refractivity contribution in [3.05, 3.63) is 144 Å². The SMILES string of the molecule is O=c1oc2ccccc2c2cc3c(cc12)c1ccccc1n3-c1ccc2c(c1)c1ccccc1n2-c1ccccc1. The number of fused-ring (bicyclic) bond motifs is 9. The van der Waals surface area contributed by atoms with E-state index in [4.69, 9.17) is 4.42 Å². The number of aromatic nitrogens is 2. The van der Waals surface area contributed by atoms with Crippen LogP contribution >= 0.6 is 0 Å². The maximum absolute atomic E-state index is 13.1. The Hall–Kier alpha value is -5.61. The van der Waals surface area contributed by atoms with E-state index in [0.717, 1.165) is 49.5 Å². The molecule has 0 bridgehead atoms. The van der Waals surface area contributed by atoms with Gasteiger partial charge in [-0.15, -0.1) is 0 Å². The number of benzene rings is 6. The van der Waals surface area contributed by atoms with Crippen molar-refractivity contribution in [3.63, 3.8) is 0 Å². The molecule has 3 heterocycles. The van der Waals surface area contributed by atoms with E-state index in [0.29, 0.717) is 11.0 Å². The van der Waals surface area contributed by atoms with Crippen molar-refractivity contribution in [2.45, 2.75) is 0 Å². The minimum absolute atomic E-state index is 0.312. The molecule has 0 fully saturated rings. The maximum atomic E-state index is 13.1. The van der Waals surface area contributed by atoms with Crippen LogP contribution in [0.25, 0.3) is 76.7 Å². The highest BCUT2D eigenvalue weighted by Gasteiger charge is 2.18. The second-order valence-electron chi connectivity index (χ2n) is 10.5. The molecule has 9 rings (SSSR count). The van der Waals surface area contributed by atoms with E-state index in [1.54, 1.807) is 0 Å². The first-order chi connectivity index (χ1) is 20.3. The van der Waals surface area contributed by atoms with Crippen LogP contribution in [0.2, 0.25) is 0 Å². The number of nitrogens with zero attached hydrogens (tertiary/aromatic N) is 2. The predicted molar refractivity (Wildman–Crippen MR) is 169 cm³/mol. The molecule has 3 aromatic heterocycles. The Balaban J connectivity index is 1.41. The number of para-hydroxylation sites is 4. The van der Waals surface area contributed by atoms with E-state index in [1.807, 2.05) is 30.3 Å². The minimum atomic E-state index is -0.312. The van der Waals surface area contributed by atoms with Gasteiger partial charge in [0.05, 0.1) is 27.5 Å². The average Bonchev–Trinajstić information content (AvgIpc) is 3.53. The molecule has 0 saturated carbocycles. The zero-order valence-electron chi connectivity index (χ0n) is 21.9. The molecule has 0 atom stereocenters. The molecule has 0 N–H and O–H groups in total. The highest BCUT2D eigenvalue weighted by atomic mass is 16.4. The zero-order chi connectivity index (χ0) is 27.1. The Kier molecular flexibility index (Phi) is 4.44. The van der Waals surface area contributed by atoms with Crippen LogP contribution in [0, 0.1) is 0 Å². The standard InChI is InChI=1S/C37H22N2O2/c40-37-31-21-30-26-13-5-8-16-33(26)39(35(30)22-28(31)27-14-6-9-17-36(27)41-37)24-18-19-34-29(20-24)25-12-4-7-15-32(25)38(34)23-10-2-1-3-11-23/h1-22H. The lowest BCUT2D eigenvalue weighted by molar-refractivity contribution is 0.570. The third-order valence-corrected chi connectivity index (χ3v) is 8.34. The molecule has 0 spiro atoms. The van der Waals surface area contributed by atoms with Gasteiger partial charge in [-0.3, -0.25) is 0 Å². The monoisotopic (exact) mass is 526 g/mol. The highest BCUT2D eigenvalue weighted by molar-refractivity contribution is 6.17. The van der Waals surface area contributed by atoms with Gasteiger partial charge >= 0.3 is 5.63 Å². The van der Waals surface area contributed by atoms with Gasteiger partial charge in [-0.05, 0) is 60.7 Å². The van der Waals surface area contributed by atoms with Crippen molar-refractivity contribution in [1.82, 2.24) is 9.13 Å². The van der Waals surface area contributed by atoms with Gasteiger partial charge in [-0.1, -0.05) is 72.8 Å². The quantitative estimate of drug-likeness (QED) is 0.166. The van der Waals surface area contributed by atoms with Gasteiger partial charge in [0.15, 0.2) is 0 Å². The van der Waals surface area contributed by atoms with Crippen LogP contribution in [0.1, 0.15) is 0 Å². The fourth-order valence-electron chi connectivity index (χ4n) is 6.57. The van der Waals surface area contributed by atoms with Crippen molar-refractivity contribution >= 4 is 65.4 Å². The van der Waals surface area contributed by atoms with Crippen LogP contribution in [0.15, 0.2) is 143 Å². The first kappa shape index (κ1) is 22.2. The van der Waals surface area contributed by atoms with Crippen LogP contribution in [-0.4, -0.2) is 9.13 Å². The van der Waals surface area contributed by atoms with E-state index < -0.39 is 0 Å². The lowest BCUT2D eigenvalue weighted by atomic mass is 10.0. The number of rotatable bonds is 2. The summed E-state index contributed by atoms with van der Waals surface area (Å²) < 4.78 is 10.3. The first-order valence-corrected chi connectivity index (χ1v) is 13.7. The van der Waals surface area contributed by atoms with Gasteiger partial charge < -0.3 is 13.6 Å². The van der Waals surface area contributed by atoms with Gasteiger partial charge in [-0.2, -0.15) is 0 Å². The molecule has 0 aliphatic heterocycles. The summed E-state index contributed by atoms with van der Waals surface area (Å²) in [5, 5.41) is 6.96. The number of hydrogen-bond donors (Lipinski definition) is 0. The Morgan fingerprint density at radius 1 is 0.390 bits per heavy atom. The largest absolute Gasteiger partial charge is 0.422 e. The zero-order valence-corrected chi connectivity index (χ0v) is 21.9. The molecule has 0 amide bonds. The number of hydrogen-bond acceptors (Lipinski definition) is 2. The third-order valence-electron chi connectivity index (χ3n) is 8.34. The Morgan fingerprint density at radius 2 is 0.976 bits per heavy atom. The van der Waals surface area contributed by atoms with Crippen molar-refractivity contribution in [2.75, 3.05) is 0 Å². The van der Waals surface area contributed by atoms with Crippen molar-refractivity contribution in [3.8, 4) is 11.4 Å². The molecular formula is C37H22N2O2. The molecule has 4 nitrogen and oxygen atoms in total. The summed E-state index contributed by atoms with van der Waals surface area (Å²) in [6.45, 7) is 0. The summed E-state index contributed by atoms with van der Waals surface area (Å²) in [6, 6.07) is 46.1. The Bertz CT molecular complexity index is 2550. The fraction of sp³-hybridized carbons (Fsp3) is 0. The average molecular weight is 527 g/mol. The van der Waals surface area contributed by atoms with Crippen LogP contribution in [-0.2, 0) is 0 Å². The molecule has 192 valence electrons. The van der Waals surface area contributed by atoms with E-state index >= 15 is 0 Å². The van der Waals surface area contributed by atoms with E-state index in [2.05, 4.69) is 112 Å². The van der Waals surface area contributed by atoms with Gasteiger partial charge in [0.25, 0.3) is 0 Å². The van der Waals surface area contributed by atoms with Gasteiger partial charge in [-0.25, -0.2) is 4.79 Å². The molecule has 0 aliphatic carbocycles. The predicted octanol–water partition coefficient (Wildman–Crippen LogP) is 9.14. The van der Waals surface area contributed by atoms with Crippen molar-refractivity contribution < 1.29 is 4.42 Å². The molecule has 9 aromatic rings. The van der Waals surface area contributed by atoms with Crippen LogP contribution in [0.3, 0.4) is 0 Å². The smallest absolute Gasteiger partial charge is 0.344 e. The molecular weight excluding hydrogens is 504 g/mol. The lowest BCUT2D eigenvalue weighted by Crippen LogP contribution is -2.00. The molecule has 0 unspecified atom stereocenters. The van der Waals surface area contributed by atoms with Crippen molar-refractivity contribution in [2.24, 2.45) is 0 Å². The normalized spacial score (nSPS) is 12.0. The molecule has 4 heteroatoms. The maximum Gasteiger partial charge on any atom is 0.344 e. The van der Waals surface area contributed by atoms with Gasteiger partial charge in [0, 0.05) is 43.7 Å². The second-order valence-corrected chi connectivity index (χ2v) is 10.5. The summed E-state index contributed by atoms with van der Waals surface area (Å²) in [4.78, 5) is 13.1. The topological polar surface area (TPSA) is 40.1 Å². The van der Waals surface area contributed by atoms with Crippen LogP contribution in [0.5, 0.6) is 0 Å². The van der Waals surface area contributed by atoms with Crippen LogP contribution < -0.4 is 5.63 Å². The molecule has 0 saturated heterocycles. The summed E-state index contributed by atoms with van der Waals surface area (Å²) >= 11 is 0. The first-order valence-electron chi connectivity index (χ1n) is 13.7. The molecule has 0 aliphatic rings.